The van der Waals surface area contributed by atoms with Crippen LogP contribution in [-0.2, 0) is 6.42 Å². The van der Waals surface area contributed by atoms with E-state index in [-0.39, 0.29) is 23.6 Å². The zero-order valence-corrected chi connectivity index (χ0v) is 15.4. The fourth-order valence-corrected chi connectivity index (χ4v) is 2.42. The van der Waals surface area contributed by atoms with E-state index in [0.717, 1.165) is 17.7 Å². The lowest BCUT2D eigenvalue weighted by atomic mass is 10.1. The maximum absolute atomic E-state index is 12.3. The third-order valence-electron chi connectivity index (χ3n) is 4.12. The Kier molecular flexibility index (Phi) is 7.14. The number of para-hydroxylation sites is 1. The Bertz CT molecular complexity index is 761. The minimum atomic E-state index is -0.275. The van der Waals surface area contributed by atoms with Crippen LogP contribution in [0, 0.1) is 0 Å². The standard InChI is InChI=1S/C20H25N3O3/c1-4-14(2)23-20(25)17-13-16(10-11-21-17)19(24)22-12-9-15-7-5-6-8-18(15)26-3/h5-8,10-11,13-14H,4,9,12H2,1-3H3,(H,22,24)(H,23,25). The summed E-state index contributed by atoms with van der Waals surface area (Å²) in [7, 11) is 1.63. The Labute approximate surface area is 154 Å². The lowest BCUT2D eigenvalue weighted by molar-refractivity contribution is 0.0934. The van der Waals surface area contributed by atoms with Gasteiger partial charge < -0.3 is 15.4 Å². The second kappa shape index (κ2) is 9.56. The SMILES string of the molecule is CCC(C)NC(=O)c1cc(C(=O)NCCc2ccccc2OC)ccn1. The van der Waals surface area contributed by atoms with Crippen molar-refractivity contribution in [3.63, 3.8) is 0 Å². The number of benzene rings is 1. The number of ether oxygens (including phenoxy) is 1. The molecule has 2 rings (SSSR count). The molecule has 0 saturated carbocycles. The number of aromatic nitrogens is 1. The summed E-state index contributed by atoms with van der Waals surface area (Å²) in [4.78, 5) is 28.5. The van der Waals surface area contributed by atoms with Crippen LogP contribution in [0.15, 0.2) is 42.6 Å². The highest BCUT2D eigenvalue weighted by Gasteiger charge is 2.13. The zero-order valence-electron chi connectivity index (χ0n) is 15.4. The van der Waals surface area contributed by atoms with Crippen molar-refractivity contribution in [2.75, 3.05) is 13.7 Å². The van der Waals surface area contributed by atoms with Gasteiger partial charge in [0.25, 0.3) is 11.8 Å². The van der Waals surface area contributed by atoms with Crippen molar-refractivity contribution in [1.29, 1.82) is 0 Å². The first kappa shape index (κ1) is 19.4. The number of amides is 2. The van der Waals surface area contributed by atoms with Gasteiger partial charge in [-0.3, -0.25) is 14.6 Å². The molecular weight excluding hydrogens is 330 g/mol. The number of pyridine rings is 1. The third-order valence-corrected chi connectivity index (χ3v) is 4.12. The van der Waals surface area contributed by atoms with Crippen LogP contribution in [0.2, 0.25) is 0 Å². The molecule has 1 aromatic carbocycles. The predicted molar refractivity (Wildman–Crippen MR) is 100 cm³/mol. The van der Waals surface area contributed by atoms with Crippen LogP contribution in [0.4, 0.5) is 0 Å². The normalized spacial score (nSPS) is 11.5. The summed E-state index contributed by atoms with van der Waals surface area (Å²) in [5.41, 5.74) is 1.68. The van der Waals surface area contributed by atoms with Gasteiger partial charge >= 0.3 is 0 Å². The van der Waals surface area contributed by atoms with Gasteiger partial charge in [0, 0.05) is 24.3 Å². The topological polar surface area (TPSA) is 80.3 Å². The van der Waals surface area contributed by atoms with Gasteiger partial charge in [-0.15, -0.1) is 0 Å². The second-order valence-electron chi connectivity index (χ2n) is 6.03. The molecule has 0 bridgehead atoms. The minimum absolute atomic E-state index is 0.0580. The highest BCUT2D eigenvalue weighted by molar-refractivity contribution is 5.98. The molecule has 0 saturated heterocycles. The molecule has 1 heterocycles. The van der Waals surface area contributed by atoms with Crippen LogP contribution in [0.1, 0.15) is 46.7 Å². The lowest BCUT2D eigenvalue weighted by Crippen LogP contribution is -2.33. The first-order valence-corrected chi connectivity index (χ1v) is 8.72. The van der Waals surface area contributed by atoms with Gasteiger partial charge in [0.15, 0.2) is 0 Å². The summed E-state index contributed by atoms with van der Waals surface area (Å²) < 4.78 is 5.30. The number of nitrogens with one attached hydrogen (secondary N) is 2. The minimum Gasteiger partial charge on any atom is -0.496 e. The van der Waals surface area contributed by atoms with Gasteiger partial charge in [-0.1, -0.05) is 25.1 Å². The number of hydrogen-bond acceptors (Lipinski definition) is 4. The van der Waals surface area contributed by atoms with Crippen molar-refractivity contribution in [2.45, 2.75) is 32.7 Å². The molecule has 0 spiro atoms. The molecule has 1 aromatic heterocycles. The van der Waals surface area contributed by atoms with E-state index >= 15 is 0 Å². The summed E-state index contributed by atoms with van der Waals surface area (Å²) in [6, 6.07) is 10.9. The molecule has 26 heavy (non-hydrogen) atoms. The van der Waals surface area contributed by atoms with Gasteiger partial charge in [-0.2, -0.15) is 0 Å². The van der Waals surface area contributed by atoms with Crippen molar-refractivity contribution < 1.29 is 14.3 Å². The molecule has 0 aliphatic carbocycles. The summed E-state index contributed by atoms with van der Waals surface area (Å²) in [5, 5.41) is 5.71. The van der Waals surface area contributed by atoms with E-state index in [2.05, 4.69) is 15.6 Å². The van der Waals surface area contributed by atoms with E-state index in [4.69, 9.17) is 4.74 Å². The Morgan fingerprint density at radius 1 is 1.19 bits per heavy atom. The third kappa shape index (κ3) is 5.31. The monoisotopic (exact) mass is 355 g/mol. The van der Waals surface area contributed by atoms with E-state index < -0.39 is 0 Å². The lowest BCUT2D eigenvalue weighted by Gasteiger charge is -2.11. The fraction of sp³-hybridized carbons (Fsp3) is 0.350. The smallest absolute Gasteiger partial charge is 0.270 e. The van der Waals surface area contributed by atoms with Crippen LogP contribution >= 0.6 is 0 Å². The van der Waals surface area contributed by atoms with Crippen LogP contribution in [0.3, 0.4) is 0 Å². The van der Waals surface area contributed by atoms with Gasteiger partial charge in [-0.05, 0) is 43.5 Å². The van der Waals surface area contributed by atoms with Crippen LogP contribution in [-0.4, -0.2) is 36.5 Å². The molecule has 0 aliphatic heterocycles. The van der Waals surface area contributed by atoms with Gasteiger partial charge in [0.2, 0.25) is 0 Å². The van der Waals surface area contributed by atoms with Crippen molar-refractivity contribution in [3.8, 4) is 5.75 Å². The van der Waals surface area contributed by atoms with Crippen LogP contribution < -0.4 is 15.4 Å². The first-order chi connectivity index (χ1) is 12.5. The molecule has 2 amide bonds. The molecule has 1 unspecified atom stereocenters. The summed E-state index contributed by atoms with van der Waals surface area (Å²) in [6.07, 6.45) is 2.96. The average molecular weight is 355 g/mol. The first-order valence-electron chi connectivity index (χ1n) is 8.72. The number of carbonyl (C=O) groups is 2. The average Bonchev–Trinajstić information content (AvgIpc) is 2.68. The van der Waals surface area contributed by atoms with Crippen LogP contribution in [0.25, 0.3) is 0 Å². The second-order valence-corrected chi connectivity index (χ2v) is 6.03. The van der Waals surface area contributed by atoms with E-state index in [1.807, 2.05) is 38.1 Å². The van der Waals surface area contributed by atoms with Crippen molar-refractivity contribution in [2.24, 2.45) is 0 Å². The summed E-state index contributed by atoms with van der Waals surface area (Å²) >= 11 is 0. The van der Waals surface area contributed by atoms with Crippen molar-refractivity contribution in [3.05, 3.63) is 59.4 Å². The van der Waals surface area contributed by atoms with E-state index in [9.17, 15) is 9.59 Å². The molecule has 0 aliphatic rings. The Balaban J connectivity index is 1.95. The van der Waals surface area contributed by atoms with Crippen molar-refractivity contribution >= 4 is 11.8 Å². The number of nitrogens with zero attached hydrogens (tertiary/aromatic N) is 1. The molecule has 138 valence electrons. The predicted octanol–water partition coefficient (Wildman–Crippen LogP) is 2.59. The Hall–Kier alpha value is -2.89. The number of rotatable bonds is 8. The molecule has 6 nitrogen and oxygen atoms in total. The van der Waals surface area contributed by atoms with E-state index in [1.54, 1.807) is 13.2 Å². The Morgan fingerprint density at radius 2 is 1.96 bits per heavy atom. The van der Waals surface area contributed by atoms with Crippen LogP contribution in [0.5, 0.6) is 5.75 Å². The highest BCUT2D eigenvalue weighted by Crippen LogP contribution is 2.17. The molecule has 0 fully saturated rings. The van der Waals surface area contributed by atoms with Gasteiger partial charge in [0.05, 0.1) is 7.11 Å². The molecule has 0 radical (unpaired) electrons. The molecule has 2 N–H and O–H groups in total. The zero-order chi connectivity index (χ0) is 18.9. The molecular formula is C20H25N3O3. The van der Waals surface area contributed by atoms with Gasteiger partial charge in [-0.25, -0.2) is 0 Å². The molecule has 6 heteroatoms. The number of carbonyl (C=O) groups excluding carboxylic acids is 2. The number of methoxy groups -OCH3 is 1. The summed E-state index contributed by atoms with van der Waals surface area (Å²) in [6.45, 7) is 4.38. The summed E-state index contributed by atoms with van der Waals surface area (Å²) in [5.74, 6) is 0.289. The molecule has 1 atom stereocenters. The largest absolute Gasteiger partial charge is 0.496 e. The fourth-order valence-electron chi connectivity index (χ4n) is 2.42. The highest BCUT2D eigenvalue weighted by atomic mass is 16.5. The number of hydrogen-bond donors (Lipinski definition) is 2. The van der Waals surface area contributed by atoms with Crippen molar-refractivity contribution in [1.82, 2.24) is 15.6 Å². The Morgan fingerprint density at radius 3 is 2.69 bits per heavy atom. The maximum atomic E-state index is 12.3. The van der Waals surface area contributed by atoms with E-state index in [0.29, 0.717) is 18.5 Å². The molecule has 2 aromatic rings. The van der Waals surface area contributed by atoms with E-state index in [1.165, 1.54) is 12.3 Å². The maximum Gasteiger partial charge on any atom is 0.270 e. The quantitative estimate of drug-likeness (QED) is 0.763. The van der Waals surface area contributed by atoms with Gasteiger partial charge in [0.1, 0.15) is 11.4 Å².